The van der Waals surface area contributed by atoms with Crippen LogP contribution in [-0.4, -0.2) is 93.6 Å². The van der Waals surface area contributed by atoms with Gasteiger partial charge in [-0.25, -0.2) is 0 Å². The van der Waals surface area contributed by atoms with Gasteiger partial charge in [-0.05, 0) is 33.6 Å². The van der Waals surface area contributed by atoms with E-state index in [2.05, 4.69) is 0 Å². The minimum atomic E-state index is -1.21. The summed E-state index contributed by atoms with van der Waals surface area (Å²) in [4.78, 5) is 46.5. The summed E-state index contributed by atoms with van der Waals surface area (Å²) < 4.78 is 6.71. The normalized spacial score (nSPS) is 36.5. The second-order valence-electron chi connectivity index (χ2n) is 9.78. The largest absolute Gasteiger partial charge is 0.396 e. The fraction of sp³-hybridized carbons (Fsp3) is 0.708. The Kier molecular flexibility index (Phi) is 5.96. The number of carbonyl (C=O) groups is 3. The Morgan fingerprint density at radius 3 is 2.44 bits per heavy atom. The number of rotatable bonds is 6. The van der Waals surface area contributed by atoms with Crippen molar-refractivity contribution in [1.29, 1.82) is 0 Å². The van der Waals surface area contributed by atoms with E-state index < -0.39 is 29.1 Å². The van der Waals surface area contributed by atoms with Crippen LogP contribution < -0.4 is 0 Å². The predicted molar refractivity (Wildman–Crippen MR) is 118 cm³/mol. The second-order valence-corrected chi connectivity index (χ2v) is 9.78. The van der Waals surface area contributed by atoms with E-state index in [9.17, 15) is 19.5 Å². The Balaban J connectivity index is 1.85. The van der Waals surface area contributed by atoms with Crippen LogP contribution >= 0.6 is 0 Å². The minimum absolute atomic E-state index is 0.0415. The molecule has 4 aliphatic rings. The molecule has 4 heterocycles. The van der Waals surface area contributed by atoms with Crippen LogP contribution in [0.25, 0.3) is 0 Å². The summed E-state index contributed by atoms with van der Waals surface area (Å²) in [6, 6.07) is -0.891. The Labute approximate surface area is 189 Å². The van der Waals surface area contributed by atoms with Crippen LogP contribution in [0.3, 0.4) is 0 Å². The molecule has 0 bridgehead atoms. The molecule has 2 saturated heterocycles. The average Bonchev–Trinajstić information content (AvgIpc) is 3.00. The Hall–Kier alpha value is -2.19. The Bertz CT molecular complexity index is 855. The summed E-state index contributed by atoms with van der Waals surface area (Å²) in [7, 11) is 0. The molecule has 0 aromatic heterocycles. The first kappa shape index (κ1) is 23.0. The first-order valence-corrected chi connectivity index (χ1v) is 11.8. The molecule has 0 radical (unpaired) electrons. The van der Waals surface area contributed by atoms with Gasteiger partial charge < -0.3 is 24.5 Å². The molecule has 0 saturated carbocycles. The summed E-state index contributed by atoms with van der Waals surface area (Å²) >= 11 is 0. The standard InChI is InChI=1S/C24H35N3O5/c1-5-11-25-12-6-9-23(4)17(20(25)29)18-21(30)27(14-8-15-28)19-22(31)26(16(2)3)13-7-10-24(18,19)32-23/h6-7,9-10,16-19,28H,5,8,11-15H2,1-4H3/t17-,18+,19?,23+,24+/m1/s1. The highest BCUT2D eigenvalue weighted by Crippen LogP contribution is 2.57. The van der Waals surface area contributed by atoms with Crippen LogP contribution in [0.2, 0.25) is 0 Å². The highest BCUT2D eigenvalue weighted by molar-refractivity contribution is 6.00. The monoisotopic (exact) mass is 445 g/mol. The van der Waals surface area contributed by atoms with Gasteiger partial charge in [0.05, 0.1) is 17.4 Å². The van der Waals surface area contributed by atoms with Gasteiger partial charge in [0.1, 0.15) is 11.6 Å². The number of hydrogen-bond acceptors (Lipinski definition) is 5. The van der Waals surface area contributed by atoms with Gasteiger partial charge in [0.25, 0.3) is 0 Å². The number of amides is 3. The lowest BCUT2D eigenvalue weighted by Crippen LogP contribution is -2.57. The lowest BCUT2D eigenvalue weighted by Gasteiger charge is -2.38. The highest BCUT2D eigenvalue weighted by atomic mass is 16.5. The third-order valence-corrected chi connectivity index (χ3v) is 7.35. The van der Waals surface area contributed by atoms with Crippen LogP contribution in [0.15, 0.2) is 24.3 Å². The number of carbonyl (C=O) groups excluding carboxylic acids is 3. The number of hydrogen-bond donors (Lipinski definition) is 1. The maximum atomic E-state index is 13.9. The smallest absolute Gasteiger partial charge is 0.249 e. The lowest BCUT2D eigenvalue weighted by molar-refractivity contribution is -0.153. The molecule has 32 heavy (non-hydrogen) atoms. The quantitative estimate of drug-likeness (QED) is 0.615. The van der Waals surface area contributed by atoms with E-state index in [1.54, 1.807) is 14.7 Å². The summed E-state index contributed by atoms with van der Waals surface area (Å²) in [5, 5.41) is 9.42. The molecule has 8 heteroatoms. The molecule has 8 nitrogen and oxygen atoms in total. The molecule has 1 N–H and O–H groups in total. The molecule has 3 amide bonds. The summed E-state index contributed by atoms with van der Waals surface area (Å²) in [6.07, 6.45) is 8.80. The molecule has 2 fully saturated rings. The number of nitrogens with zero attached hydrogens (tertiary/aromatic N) is 3. The van der Waals surface area contributed by atoms with E-state index in [1.165, 1.54) is 0 Å². The van der Waals surface area contributed by atoms with Crippen molar-refractivity contribution in [3.63, 3.8) is 0 Å². The number of aliphatic hydroxyl groups is 1. The van der Waals surface area contributed by atoms with E-state index in [0.717, 1.165) is 6.42 Å². The van der Waals surface area contributed by atoms with Gasteiger partial charge in [0.2, 0.25) is 17.7 Å². The van der Waals surface area contributed by atoms with Crippen molar-refractivity contribution in [2.24, 2.45) is 11.8 Å². The zero-order valence-corrected chi connectivity index (χ0v) is 19.5. The number of ether oxygens (including phenoxy) is 1. The zero-order chi connectivity index (χ0) is 23.3. The molecule has 0 aromatic carbocycles. The summed E-state index contributed by atoms with van der Waals surface area (Å²) in [5.74, 6) is -1.98. The highest BCUT2D eigenvalue weighted by Gasteiger charge is 2.74. The summed E-state index contributed by atoms with van der Waals surface area (Å²) in [6.45, 7) is 9.48. The van der Waals surface area contributed by atoms with Gasteiger partial charge in [-0.15, -0.1) is 0 Å². The van der Waals surface area contributed by atoms with Crippen molar-refractivity contribution in [3.8, 4) is 0 Å². The third-order valence-electron chi connectivity index (χ3n) is 7.35. The van der Waals surface area contributed by atoms with E-state index in [-0.39, 0.29) is 36.9 Å². The molecule has 176 valence electrons. The second kappa shape index (κ2) is 8.30. The molecule has 1 spiro atoms. The van der Waals surface area contributed by atoms with Crippen molar-refractivity contribution >= 4 is 17.7 Å². The van der Waals surface area contributed by atoms with E-state index in [4.69, 9.17) is 4.74 Å². The molecule has 1 unspecified atom stereocenters. The van der Waals surface area contributed by atoms with E-state index in [1.807, 2.05) is 52.0 Å². The molecule has 4 aliphatic heterocycles. The van der Waals surface area contributed by atoms with Crippen LogP contribution in [0.5, 0.6) is 0 Å². The molecule has 0 aliphatic carbocycles. The summed E-state index contributed by atoms with van der Waals surface area (Å²) in [5.41, 5.74) is -2.18. The first-order chi connectivity index (χ1) is 15.2. The molecular formula is C24H35N3O5. The predicted octanol–water partition coefficient (Wildman–Crippen LogP) is 0.955. The maximum Gasteiger partial charge on any atom is 0.249 e. The van der Waals surface area contributed by atoms with E-state index >= 15 is 0 Å². The van der Waals surface area contributed by atoms with Gasteiger partial charge >= 0.3 is 0 Å². The average molecular weight is 446 g/mol. The molecule has 0 aromatic rings. The molecule has 4 rings (SSSR count). The number of aliphatic hydroxyl groups excluding tert-OH is 1. The molecular weight excluding hydrogens is 410 g/mol. The van der Waals surface area contributed by atoms with Crippen molar-refractivity contribution in [1.82, 2.24) is 14.7 Å². The maximum absolute atomic E-state index is 13.9. The van der Waals surface area contributed by atoms with Crippen molar-refractivity contribution in [3.05, 3.63) is 24.3 Å². The van der Waals surface area contributed by atoms with Crippen LogP contribution in [-0.2, 0) is 19.1 Å². The van der Waals surface area contributed by atoms with Gasteiger partial charge in [-0.3, -0.25) is 14.4 Å². The zero-order valence-electron chi connectivity index (χ0n) is 19.5. The van der Waals surface area contributed by atoms with E-state index in [0.29, 0.717) is 26.1 Å². The van der Waals surface area contributed by atoms with Gasteiger partial charge in [0, 0.05) is 38.8 Å². The fourth-order valence-corrected chi connectivity index (χ4v) is 6.01. The number of fused-ring (bicyclic) bond motifs is 2. The van der Waals surface area contributed by atoms with Gasteiger partial charge in [-0.2, -0.15) is 0 Å². The minimum Gasteiger partial charge on any atom is -0.396 e. The van der Waals surface area contributed by atoms with Crippen LogP contribution in [0.1, 0.15) is 40.5 Å². The number of likely N-dealkylation sites (tertiary alicyclic amines) is 1. The third kappa shape index (κ3) is 3.22. The van der Waals surface area contributed by atoms with Gasteiger partial charge in [0.15, 0.2) is 0 Å². The van der Waals surface area contributed by atoms with Crippen LogP contribution in [0, 0.1) is 11.8 Å². The Morgan fingerprint density at radius 2 is 1.78 bits per heavy atom. The topological polar surface area (TPSA) is 90.4 Å². The van der Waals surface area contributed by atoms with Gasteiger partial charge in [-0.1, -0.05) is 31.2 Å². The van der Waals surface area contributed by atoms with Crippen molar-refractivity contribution < 1.29 is 24.2 Å². The lowest BCUT2D eigenvalue weighted by atomic mass is 9.74. The molecule has 5 atom stereocenters. The van der Waals surface area contributed by atoms with Crippen molar-refractivity contribution in [2.45, 2.75) is 63.8 Å². The first-order valence-electron chi connectivity index (χ1n) is 11.8. The fourth-order valence-electron chi connectivity index (χ4n) is 6.01. The Morgan fingerprint density at radius 1 is 1.06 bits per heavy atom. The van der Waals surface area contributed by atoms with Crippen molar-refractivity contribution in [2.75, 3.05) is 32.8 Å². The SMILES string of the molecule is CCCN1CC=C[C@]2(C)O[C@]34C=CCN(C(C)C)C(=O)C3N(CCCO)C(=O)[C@@H]4[C@@H]2C1=O. The van der Waals surface area contributed by atoms with Crippen LogP contribution in [0.4, 0.5) is 0 Å².